The number of halogens is 1. The number of nitrogens with zero attached hydrogens (tertiary/aromatic N) is 2. The summed E-state index contributed by atoms with van der Waals surface area (Å²) in [7, 11) is -2.22. The fourth-order valence-electron chi connectivity index (χ4n) is 3.09. The molecule has 0 radical (unpaired) electrons. The second-order valence-corrected chi connectivity index (χ2v) is 10.1. The van der Waals surface area contributed by atoms with Crippen molar-refractivity contribution in [3.8, 4) is 0 Å². The van der Waals surface area contributed by atoms with E-state index in [-0.39, 0.29) is 12.5 Å². The number of rotatable bonds is 9. The number of benzene rings is 2. The molecule has 2 aromatic rings. The molecule has 2 aromatic carbocycles. The zero-order valence-corrected chi connectivity index (χ0v) is 20.5. The number of amides is 2. The molecule has 31 heavy (non-hydrogen) atoms. The fraction of sp³-hybridized carbons (Fsp3) is 0.364. The van der Waals surface area contributed by atoms with Crippen LogP contribution in [0.1, 0.15) is 25.0 Å². The largest absolute Gasteiger partial charge is 0.357 e. The van der Waals surface area contributed by atoms with Crippen LogP contribution in [0.5, 0.6) is 0 Å². The van der Waals surface area contributed by atoms with Gasteiger partial charge in [0.1, 0.15) is 12.6 Å². The molecular formula is C22H28BrN3O4S. The Morgan fingerprint density at radius 2 is 1.58 bits per heavy atom. The van der Waals surface area contributed by atoms with Crippen molar-refractivity contribution >= 4 is 43.5 Å². The van der Waals surface area contributed by atoms with E-state index >= 15 is 0 Å². The molecule has 0 aliphatic heterocycles. The van der Waals surface area contributed by atoms with E-state index in [0.29, 0.717) is 5.69 Å². The van der Waals surface area contributed by atoms with Crippen LogP contribution in [0.25, 0.3) is 0 Å². The van der Waals surface area contributed by atoms with Crippen molar-refractivity contribution in [3.63, 3.8) is 0 Å². The first-order valence-electron chi connectivity index (χ1n) is 9.89. The Morgan fingerprint density at radius 3 is 2.06 bits per heavy atom. The number of aryl methyl sites for hydroxylation is 1. The molecule has 0 bridgehead atoms. The Balaban J connectivity index is 2.35. The minimum absolute atomic E-state index is 0.174. The second-order valence-electron chi connectivity index (χ2n) is 7.23. The lowest BCUT2D eigenvalue weighted by atomic mass is 10.1. The van der Waals surface area contributed by atoms with Crippen molar-refractivity contribution in [2.45, 2.75) is 32.9 Å². The van der Waals surface area contributed by atoms with E-state index in [4.69, 9.17) is 0 Å². The van der Waals surface area contributed by atoms with Crippen molar-refractivity contribution in [2.24, 2.45) is 0 Å². The molecule has 168 valence electrons. The first-order valence-corrected chi connectivity index (χ1v) is 12.5. The topological polar surface area (TPSA) is 86.8 Å². The first-order chi connectivity index (χ1) is 14.6. The maximum Gasteiger partial charge on any atom is 0.244 e. The predicted molar refractivity (Wildman–Crippen MR) is 126 cm³/mol. The molecule has 0 aliphatic carbocycles. The molecule has 7 nitrogen and oxygen atoms in total. The van der Waals surface area contributed by atoms with Gasteiger partial charge in [-0.3, -0.25) is 13.9 Å². The molecule has 0 fully saturated rings. The molecule has 0 saturated carbocycles. The van der Waals surface area contributed by atoms with Gasteiger partial charge in [0.25, 0.3) is 0 Å². The van der Waals surface area contributed by atoms with Gasteiger partial charge in [0, 0.05) is 18.1 Å². The van der Waals surface area contributed by atoms with Gasteiger partial charge in [-0.15, -0.1) is 0 Å². The van der Waals surface area contributed by atoms with Gasteiger partial charge < -0.3 is 10.2 Å². The number of likely N-dealkylation sites (N-methyl/N-ethyl adjacent to an activating group) is 1. The van der Waals surface area contributed by atoms with Crippen LogP contribution in [0.15, 0.2) is 53.0 Å². The first kappa shape index (κ1) is 24.9. The molecule has 0 heterocycles. The van der Waals surface area contributed by atoms with E-state index in [2.05, 4.69) is 21.2 Å². The van der Waals surface area contributed by atoms with Gasteiger partial charge >= 0.3 is 0 Å². The zero-order valence-electron chi connectivity index (χ0n) is 18.1. The van der Waals surface area contributed by atoms with Crippen molar-refractivity contribution in [1.82, 2.24) is 10.2 Å². The van der Waals surface area contributed by atoms with Crippen LogP contribution in [0.3, 0.4) is 0 Å². The Kier molecular flexibility index (Phi) is 8.64. The summed E-state index contributed by atoms with van der Waals surface area (Å²) in [5, 5.41) is 2.55. The fourth-order valence-corrected chi connectivity index (χ4v) is 4.20. The van der Waals surface area contributed by atoms with E-state index < -0.39 is 28.5 Å². The SMILES string of the molecule is CCc1ccc(N(CC(=O)N(Cc2ccc(Br)cc2)C(C)C(=O)NC)S(C)(=O)=O)cc1. The number of nitrogens with one attached hydrogen (secondary N) is 1. The summed E-state index contributed by atoms with van der Waals surface area (Å²) < 4.78 is 26.9. The monoisotopic (exact) mass is 509 g/mol. The quantitative estimate of drug-likeness (QED) is 0.562. The number of anilines is 1. The highest BCUT2D eigenvalue weighted by molar-refractivity contribution is 9.10. The van der Waals surface area contributed by atoms with Gasteiger partial charge in [-0.25, -0.2) is 8.42 Å². The minimum atomic E-state index is -3.72. The normalized spacial score (nSPS) is 12.2. The number of hydrogen-bond donors (Lipinski definition) is 1. The van der Waals surface area contributed by atoms with Crippen molar-refractivity contribution in [2.75, 3.05) is 24.2 Å². The summed E-state index contributed by atoms with van der Waals surface area (Å²) in [5.41, 5.74) is 2.29. The van der Waals surface area contributed by atoms with Gasteiger partial charge in [0.15, 0.2) is 0 Å². The molecular weight excluding hydrogens is 482 g/mol. The average Bonchev–Trinajstić information content (AvgIpc) is 2.75. The van der Waals surface area contributed by atoms with E-state index in [1.807, 2.05) is 43.3 Å². The second kappa shape index (κ2) is 10.8. The molecule has 0 aromatic heterocycles. The van der Waals surface area contributed by atoms with E-state index in [9.17, 15) is 18.0 Å². The third-order valence-corrected chi connectivity index (χ3v) is 6.66. The molecule has 1 atom stereocenters. The maximum absolute atomic E-state index is 13.3. The summed E-state index contributed by atoms with van der Waals surface area (Å²) in [6.45, 7) is 3.40. The summed E-state index contributed by atoms with van der Waals surface area (Å²) >= 11 is 3.38. The molecule has 9 heteroatoms. The lowest BCUT2D eigenvalue weighted by Gasteiger charge is -2.31. The molecule has 2 amide bonds. The lowest BCUT2D eigenvalue weighted by Crippen LogP contribution is -2.50. The standard InChI is InChI=1S/C22H28BrN3O4S/c1-5-17-8-12-20(13-9-17)26(31(4,29)30)15-21(27)25(16(2)22(28)24-3)14-18-6-10-19(23)11-7-18/h6-13,16H,5,14-15H2,1-4H3,(H,24,28). The number of hydrogen-bond acceptors (Lipinski definition) is 4. The van der Waals surface area contributed by atoms with Crippen molar-refractivity contribution in [3.05, 3.63) is 64.1 Å². The molecule has 0 spiro atoms. The van der Waals surface area contributed by atoms with Crippen molar-refractivity contribution in [1.29, 1.82) is 0 Å². The molecule has 0 saturated heterocycles. The Hall–Kier alpha value is -2.39. The van der Waals surface area contributed by atoms with Crippen LogP contribution in [-0.2, 0) is 32.6 Å². The molecule has 1 N–H and O–H groups in total. The average molecular weight is 510 g/mol. The van der Waals surface area contributed by atoms with E-state index in [1.165, 1.54) is 11.9 Å². The summed E-state index contributed by atoms with van der Waals surface area (Å²) in [5.74, 6) is -0.798. The highest BCUT2D eigenvalue weighted by Crippen LogP contribution is 2.20. The maximum atomic E-state index is 13.3. The van der Waals surface area contributed by atoms with Crippen LogP contribution in [0.2, 0.25) is 0 Å². The van der Waals surface area contributed by atoms with Crippen LogP contribution in [0.4, 0.5) is 5.69 Å². The third-order valence-electron chi connectivity index (χ3n) is 4.99. The number of carbonyl (C=O) groups excluding carboxylic acids is 2. The van der Waals surface area contributed by atoms with Crippen molar-refractivity contribution < 1.29 is 18.0 Å². The highest BCUT2D eigenvalue weighted by Gasteiger charge is 2.29. The zero-order chi connectivity index (χ0) is 23.2. The number of sulfonamides is 1. The highest BCUT2D eigenvalue weighted by atomic mass is 79.9. The van der Waals surface area contributed by atoms with Gasteiger partial charge in [0.05, 0.1) is 11.9 Å². The predicted octanol–water partition coefficient (Wildman–Crippen LogP) is 2.94. The van der Waals surface area contributed by atoms with E-state index in [0.717, 1.165) is 32.6 Å². The number of carbonyl (C=O) groups is 2. The van der Waals surface area contributed by atoms with Gasteiger partial charge in [-0.1, -0.05) is 47.1 Å². The van der Waals surface area contributed by atoms with Gasteiger partial charge in [-0.05, 0) is 48.7 Å². The molecule has 2 rings (SSSR count). The van der Waals surface area contributed by atoms with Crippen LogP contribution in [-0.4, -0.2) is 51.0 Å². The summed E-state index contributed by atoms with van der Waals surface area (Å²) in [4.78, 5) is 26.9. The van der Waals surface area contributed by atoms with Crippen LogP contribution < -0.4 is 9.62 Å². The molecule has 0 aliphatic rings. The van der Waals surface area contributed by atoms with Crippen LogP contribution >= 0.6 is 15.9 Å². The lowest BCUT2D eigenvalue weighted by molar-refractivity contribution is -0.139. The smallest absolute Gasteiger partial charge is 0.244 e. The summed E-state index contributed by atoms with van der Waals surface area (Å²) in [6.07, 6.45) is 1.89. The van der Waals surface area contributed by atoms with Gasteiger partial charge in [-0.2, -0.15) is 0 Å². The minimum Gasteiger partial charge on any atom is -0.357 e. The Labute approximate surface area is 192 Å². The Morgan fingerprint density at radius 1 is 1.03 bits per heavy atom. The van der Waals surface area contributed by atoms with Gasteiger partial charge in [0.2, 0.25) is 21.8 Å². The van der Waals surface area contributed by atoms with Crippen LogP contribution in [0, 0.1) is 0 Å². The third kappa shape index (κ3) is 6.80. The summed E-state index contributed by atoms with van der Waals surface area (Å²) in [6, 6.07) is 13.7. The molecule has 1 unspecified atom stereocenters. The van der Waals surface area contributed by atoms with E-state index in [1.54, 1.807) is 19.1 Å². The Bertz CT molecular complexity index is 1010.